The zero-order valence-corrected chi connectivity index (χ0v) is 35.4. The predicted molar refractivity (Wildman–Crippen MR) is 241 cm³/mol. The summed E-state index contributed by atoms with van der Waals surface area (Å²) in [5, 5.41) is 5.42. The molecule has 0 aliphatic rings. The van der Waals surface area contributed by atoms with Crippen LogP contribution in [0.1, 0.15) is 26.3 Å². The first-order valence-corrected chi connectivity index (χ1v) is 20.7. The van der Waals surface area contributed by atoms with Crippen LogP contribution >= 0.6 is 23.1 Å². The van der Waals surface area contributed by atoms with Crippen molar-refractivity contribution in [2.75, 3.05) is 11.9 Å². The standard InChI is InChI=1S/C30H22ClFN4O5S.C16H7FN2O3/c1-30(2,3)41-29(38)35(4)26-17-10-14(18(31)11-21(17)42-34-26)13-36-20-12-19(32)15-7-9-39-25(15)23(20)22-16-6-5-8-33-27(16)40-28(37)24(22)36;17-9-6-10-12(14-7(9)3-5-21-14)11-8-2-1-4-18-15(8)22-16(20)13(11)19-10/h5-12H,13H2,1-4H3;1-6,19H. The lowest BCUT2D eigenvalue weighted by atomic mass is 10.1. The number of carbonyl (C=O) groups is 1. The van der Waals surface area contributed by atoms with Gasteiger partial charge in [0.15, 0.2) is 5.82 Å². The van der Waals surface area contributed by atoms with Crippen molar-refractivity contribution in [3.8, 4) is 0 Å². The second-order valence-corrected chi connectivity index (χ2v) is 17.2. The fourth-order valence-electron chi connectivity index (χ4n) is 8.27. The predicted octanol–water partition coefficient (Wildman–Crippen LogP) is 11.6. The average Bonchev–Trinajstić information content (AvgIpc) is 4.10. The van der Waals surface area contributed by atoms with Gasteiger partial charge in [-0.1, -0.05) is 11.6 Å². The number of halogens is 3. The van der Waals surface area contributed by atoms with Crippen LogP contribution in [0.5, 0.6) is 0 Å². The van der Waals surface area contributed by atoms with Gasteiger partial charge in [-0.05, 0) is 98.5 Å². The van der Waals surface area contributed by atoms with Crippen LogP contribution in [0.2, 0.25) is 5.02 Å². The van der Waals surface area contributed by atoms with Gasteiger partial charge in [0.1, 0.15) is 39.4 Å². The molecule has 0 spiro atoms. The summed E-state index contributed by atoms with van der Waals surface area (Å²) in [5.74, 6) is -0.495. The summed E-state index contributed by atoms with van der Waals surface area (Å²) >= 11 is 7.96. The maximum atomic E-state index is 15.3. The molecular weight excluding hydrogens is 870 g/mol. The summed E-state index contributed by atoms with van der Waals surface area (Å²) in [5.41, 5.74) is 1.29. The molecular formula is C46H29ClF2N6O8S. The van der Waals surface area contributed by atoms with Crippen molar-refractivity contribution >= 4 is 133 Å². The molecule has 0 saturated carbocycles. The Hall–Kier alpha value is -7.63. The number of aromatic amines is 1. The highest BCUT2D eigenvalue weighted by Gasteiger charge is 2.27. The number of hydrogen-bond acceptors (Lipinski definition) is 12. The summed E-state index contributed by atoms with van der Waals surface area (Å²) in [7, 11) is 1.59. The molecule has 0 atom stereocenters. The number of ether oxygens (including phenoxy) is 1. The zero-order valence-electron chi connectivity index (χ0n) is 33.8. The molecule has 0 unspecified atom stereocenters. The molecule has 1 N–H and O–H groups in total. The summed E-state index contributed by atoms with van der Waals surface area (Å²) in [6, 6.07) is 16.5. The zero-order chi connectivity index (χ0) is 44.3. The SMILES string of the molecule is CN(C(=O)OC(C)(C)C)c1nsc2cc(Cl)c(Cn3c4cc(F)c5ccoc5c4c4c5cccnc5oc(=O)c43)cc12.O=c1oc2ncccc2c2c1[nH]c1cc(F)c3ccoc3c12. The molecule has 64 heavy (non-hydrogen) atoms. The van der Waals surface area contributed by atoms with Crippen molar-refractivity contribution in [3.63, 3.8) is 0 Å². The molecule has 14 nitrogen and oxygen atoms in total. The van der Waals surface area contributed by atoms with E-state index >= 15 is 4.39 Å². The van der Waals surface area contributed by atoms with Crippen LogP contribution in [-0.2, 0) is 11.3 Å². The van der Waals surface area contributed by atoms with Crippen LogP contribution < -0.4 is 16.2 Å². The molecule has 0 fully saturated rings. The first-order chi connectivity index (χ1) is 30.8. The van der Waals surface area contributed by atoms with E-state index in [0.717, 1.165) is 4.70 Å². The number of fused-ring (bicyclic) bond motifs is 15. The molecule has 0 aliphatic carbocycles. The van der Waals surface area contributed by atoms with E-state index < -0.39 is 34.6 Å². The molecule has 18 heteroatoms. The summed E-state index contributed by atoms with van der Waals surface area (Å²) in [6.07, 6.45) is 5.38. The number of anilines is 1. The van der Waals surface area contributed by atoms with E-state index in [1.54, 1.807) is 81.0 Å². The first-order valence-electron chi connectivity index (χ1n) is 19.6. The average molecular weight is 899 g/mol. The Balaban J connectivity index is 0.000000173. The Labute approximate surface area is 365 Å². The smallest absolute Gasteiger partial charge is 0.415 e. The number of pyridine rings is 2. The first kappa shape index (κ1) is 39.2. The minimum absolute atomic E-state index is 0.0857. The highest BCUT2D eigenvalue weighted by Crippen LogP contribution is 2.41. The van der Waals surface area contributed by atoms with Gasteiger partial charge in [0.25, 0.3) is 0 Å². The van der Waals surface area contributed by atoms with Crippen molar-refractivity contribution in [2.24, 2.45) is 0 Å². The lowest BCUT2D eigenvalue weighted by Crippen LogP contribution is -2.34. The number of benzene rings is 3. The Morgan fingerprint density at radius 3 is 2.16 bits per heavy atom. The van der Waals surface area contributed by atoms with Crippen LogP contribution in [-0.4, -0.2) is 42.6 Å². The Kier molecular flexibility index (Phi) is 8.70. The third-order valence-corrected chi connectivity index (χ3v) is 12.1. The van der Waals surface area contributed by atoms with Crippen LogP contribution in [0, 0.1) is 11.6 Å². The highest BCUT2D eigenvalue weighted by molar-refractivity contribution is 7.13. The number of nitrogens with zero attached hydrogens (tertiary/aromatic N) is 5. The minimum Gasteiger partial charge on any atom is -0.463 e. The number of carbonyl (C=O) groups excluding carboxylic acids is 1. The van der Waals surface area contributed by atoms with Crippen LogP contribution in [0.4, 0.5) is 19.4 Å². The minimum atomic E-state index is -0.683. The third kappa shape index (κ3) is 6.02. The topological polar surface area (TPSA) is 176 Å². The van der Waals surface area contributed by atoms with E-state index in [4.69, 9.17) is 34.0 Å². The molecule has 0 aliphatic heterocycles. The van der Waals surface area contributed by atoms with E-state index in [1.807, 2.05) is 6.07 Å². The molecule has 0 radical (unpaired) electrons. The van der Waals surface area contributed by atoms with E-state index in [0.29, 0.717) is 87.1 Å². The maximum Gasteiger partial charge on any atom is 0.415 e. The van der Waals surface area contributed by atoms with E-state index in [-0.39, 0.29) is 29.0 Å². The Morgan fingerprint density at radius 2 is 1.47 bits per heavy atom. The van der Waals surface area contributed by atoms with Gasteiger partial charge in [-0.2, -0.15) is 4.37 Å². The van der Waals surface area contributed by atoms with Gasteiger partial charge in [-0.15, -0.1) is 0 Å². The van der Waals surface area contributed by atoms with Gasteiger partial charge in [0.2, 0.25) is 11.4 Å². The van der Waals surface area contributed by atoms with Gasteiger partial charge in [-0.3, -0.25) is 4.90 Å². The number of H-pyrrole nitrogens is 1. The number of rotatable bonds is 3. The second kappa shape index (κ2) is 14.2. The van der Waals surface area contributed by atoms with Gasteiger partial charge < -0.3 is 32.0 Å². The monoisotopic (exact) mass is 898 g/mol. The largest absolute Gasteiger partial charge is 0.463 e. The molecule has 3 aromatic carbocycles. The van der Waals surface area contributed by atoms with E-state index in [9.17, 15) is 18.8 Å². The molecule has 12 rings (SSSR count). The fourth-order valence-corrected chi connectivity index (χ4v) is 9.38. The van der Waals surface area contributed by atoms with Gasteiger partial charge in [0, 0.05) is 57.9 Å². The van der Waals surface area contributed by atoms with Gasteiger partial charge in [-0.25, -0.2) is 33.1 Å². The highest BCUT2D eigenvalue weighted by atomic mass is 35.5. The van der Waals surface area contributed by atoms with Gasteiger partial charge in [0.05, 0.1) is 49.8 Å². The van der Waals surface area contributed by atoms with Crippen molar-refractivity contribution < 1.29 is 36.0 Å². The van der Waals surface area contributed by atoms with Crippen LogP contribution in [0.15, 0.2) is 113 Å². The molecule has 1 amide bonds. The summed E-state index contributed by atoms with van der Waals surface area (Å²) in [4.78, 5) is 51.0. The quantitative estimate of drug-likeness (QED) is 0.179. The molecule has 0 bridgehead atoms. The lowest BCUT2D eigenvalue weighted by Gasteiger charge is -2.23. The van der Waals surface area contributed by atoms with Crippen LogP contribution in [0.3, 0.4) is 0 Å². The van der Waals surface area contributed by atoms with E-state index in [1.165, 1.54) is 47.3 Å². The lowest BCUT2D eigenvalue weighted by molar-refractivity contribution is 0.0589. The maximum absolute atomic E-state index is 15.3. The second-order valence-electron chi connectivity index (χ2n) is 16.0. The fraction of sp³-hybridized carbons (Fsp3) is 0.130. The Bertz CT molecular complexity index is 4060. The number of hydrogen-bond donors (Lipinski definition) is 1. The molecule has 9 aromatic heterocycles. The van der Waals surface area contributed by atoms with Crippen molar-refractivity contribution in [1.29, 1.82) is 0 Å². The molecule has 9 heterocycles. The molecule has 318 valence electrons. The Morgan fingerprint density at radius 1 is 0.828 bits per heavy atom. The van der Waals surface area contributed by atoms with Crippen molar-refractivity contribution in [2.45, 2.75) is 32.9 Å². The number of nitrogens with one attached hydrogen (secondary N) is 1. The number of amides is 1. The summed E-state index contributed by atoms with van der Waals surface area (Å²) in [6.45, 7) is 5.45. The summed E-state index contributed by atoms with van der Waals surface area (Å²) < 4.78 is 63.9. The number of aromatic nitrogens is 5. The van der Waals surface area contributed by atoms with Crippen LogP contribution in [0.25, 0.3) is 97.8 Å². The van der Waals surface area contributed by atoms with Crippen molar-refractivity contribution in [3.05, 3.63) is 129 Å². The number of furan rings is 2. The molecule has 12 aromatic rings. The molecule has 0 saturated heterocycles. The van der Waals surface area contributed by atoms with E-state index in [2.05, 4.69) is 19.3 Å². The van der Waals surface area contributed by atoms with Crippen molar-refractivity contribution in [1.82, 2.24) is 23.9 Å². The normalized spacial score (nSPS) is 12.2. The third-order valence-electron chi connectivity index (χ3n) is 11.0. The van der Waals surface area contributed by atoms with Gasteiger partial charge >= 0.3 is 17.3 Å².